The topological polar surface area (TPSA) is 112 Å². The third kappa shape index (κ3) is 6.27. The first-order chi connectivity index (χ1) is 17.8. The molecule has 192 valence electrons. The lowest BCUT2D eigenvalue weighted by Gasteiger charge is -2.36. The average Bonchev–Trinajstić information content (AvgIpc) is 2.92. The normalized spacial score (nSPS) is 11.8. The summed E-state index contributed by atoms with van der Waals surface area (Å²) in [5.74, 6) is -4.35. The van der Waals surface area contributed by atoms with Crippen LogP contribution in [-0.4, -0.2) is 47.4 Å². The number of Topliss-reactive ketones (excluding diaryl/α,β-unsaturated/α-hetero) is 1. The summed E-state index contributed by atoms with van der Waals surface area (Å²) in [6, 6.07) is 20.0. The largest absolute Gasteiger partial charge is 0.464 e. The van der Waals surface area contributed by atoms with Gasteiger partial charge in [-0.15, -0.1) is 0 Å². The van der Waals surface area contributed by atoms with E-state index in [0.29, 0.717) is 5.56 Å². The molecule has 37 heavy (non-hydrogen) atoms. The highest BCUT2D eigenvalue weighted by Crippen LogP contribution is 2.35. The van der Waals surface area contributed by atoms with Crippen LogP contribution in [0.1, 0.15) is 58.2 Å². The van der Waals surface area contributed by atoms with E-state index < -0.39 is 29.3 Å². The first-order valence-corrected chi connectivity index (χ1v) is 12.1. The average molecular weight is 503 g/mol. The molecule has 3 rings (SSSR count). The lowest BCUT2D eigenvalue weighted by atomic mass is 9.76. The Labute approximate surface area is 216 Å². The van der Waals surface area contributed by atoms with Crippen LogP contribution in [0.15, 0.2) is 79.0 Å². The summed E-state index contributed by atoms with van der Waals surface area (Å²) in [7, 11) is 0. The molecule has 2 aromatic carbocycles. The van der Waals surface area contributed by atoms with Gasteiger partial charge in [-0.3, -0.25) is 14.6 Å². The molecule has 0 aliphatic rings. The van der Waals surface area contributed by atoms with E-state index in [9.17, 15) is 19.2 Å². The first kappa shape index (κ1) is 27.3. The van der Waals surface area contributed by atoms with Crippen molar-refractivity contribution in [3.8, 4) is 0 Å². The Morgan fingerprint density at radius 2 is 1.41 bits per heavy atom. The first-order valence-electron chi connectivity index (χ1n) is 12.1. The van der Waals surface area contributed by atoms with Crippen molar-refractivity contribution in [2.24, 2.45) is 0 Å². The Hall–Kier alpha value is -4.33. The Kier molecular flexibility index (Phi) is 9.27. The van der Waals surface area contributed by atoms with Crippen LogP contribution in [0.4, 0.5) is 0 Å². The van der Waals surface area contributed by atoms with Gasteiger partial charge in [0.2, 0.25) is 5.54 Å². The van der Waals surface area contributed by atoms with E-state index in [1.807, 2.05) is 6.92 Å². The number of hydrogen-bond donors (Lipinski definition) is 1. The molecule has 0 spiro atoms. The third-order valence-corrected chi connectivity index (χ3v) is 5.87. The van der Waals surface area contributed by atoms with E-state index >= 15 is 0 Å². The van der Waals surface area contributed by atoms with Gasteiger partial charge in [0.15, 0.2) is 5.78 Å². The maximum atomic E-state index is 13.6. The van der Waals surface area contributed by atoms with Gasteiger partial charge in [0.1, 0.15) is 0 Å². The third-order valence-electron chi connectivity index (χ3n) is 5.87. The van der Waals surface area contributed by atoms with Gasteiger partial charge >= 0.3 is 11.9 Å². The molecule has 8 nitrogen and oxygen atoms in total. The second-order valence-corrected chi connectivity index (χ2v) is 8.37. The van der Waals surface area contributed by atoms with Gasteiger partial charge in [0.05, 0.1) is 19.1 Å². The van der Waals surface area contributed by atoms with Crippen molar-refractivity contribution in [3.63, 3.8) is 0 Å². The number of carbonyl (C=O) groups excluding carboxylic acids is 4. The number of pyridine rings is 1. The number of esters is 2. The van der Waals surface area contributed by atoms with E-state index in [2.05, 4.69) is 10.3 Å². The standard InChI is InChI=1S/C29H30N2O6/c1-4-36-27(34)29(28(35)37-5-2,31-26(33)22-11-7-6-8-12-22)23(24-13-9-10-18-30-24)19-25(32)21-16-14-20(3)15-17-21/h6-18,23H,4-5,19H2,1-3H3,(H,31,33). The lowest BCUT2D eigenvalue weighted by Crippen LogP contribution is -2.65. The molecule has 1 amide bonds. The maximum Gasteiger partial charge on any atom is 0.344 e. The van der Waals surface area contributed by atoms with E-state index in [4.69, 9.17) is 9.47 Å². The fraction of sp³-hybridized carbons (Fsp3) is 0.276. The number of aryl methyl sites for hydroxylation is 1. The summed E-state index contributed by atoms with van der Waals surface area (Å²) in [5, 5.41) is 2.60. The predicted molar refractivity (Wildman–Crippen MR) is 137 cm³/mol. The SMILES string of the molecule is CCOC(=O)C(NC(=O)c1ccccc1)(C(=O)OCC)C(CC(=O)c1ccc(C)cc1)c1ccccn1. The van der Waals surface area contributed by atoms with Gasteiger partial charge in [0, 0.05) is 29.4 Å². The van der Waals surface area contributed by atoms with Crippen molar-refractivity contribution in [2.75, 3.05) is 13.2 Å². The number of carbonyl (C=O) groups is 4. The van der Waals surface area contributed by atoms with Crippen molar-refractivity contribution < 1.29 is 28.7 Å². The Bertz CT molecular complexity index is 1210. The molecule has 0 aliphatic heterocycles. The zero-order valence-electron chi connectivity index (χ0n) is 21.1. The molecule has 0 fully saturated rings. The molecule has 0 bridgehead atoms. The molecule has 0 radical (unpaired) electrons. The van der Waals surface area contributed by atoms with Crippen LogP contribution in [0.3, 0.4) is 0 Å². The van der Waals surface area contributed by atoms with Gasteiger partial charge in [-0.25, -0.2) is 9.59 Å². The Balaban J connectivity index is 2.20. The summed E-state index contributed by atoms with van der Waals surface area (Å²) < 4.78 is 10.6. The van der Waals surface area contributed by atoms with Crippen molar-refractivity contribution >= 4 is 23.6 Å². The van der Waals surface area contributed by atoms with Crippen LogP contribution in [0.5, 0.6) is 0 Å². The number of hydrogen-bond acceptors (Lipinski definition) is 7. The number of nitrogens with one attached hydrogen (secondary N) is 1. The minimum absolute atomic E-state index is 0.0674. The number of benzene rings is 2. The number of ketones is 1. The van der Waals surface area contributed by atoms with Crippen molar-refractivity contribution in [1.29, 1.82) is 0 Å². The Morgan fingerprint density at radius 1 is 0.811 bits per heavy atom. The van der Waals surface area contributed by atoms with Crippen LogP contribution in [0, 0.1) is 6.92 Å². The molecule has 0 aliphatic carbocycles. The number of nitrogens with zero attached hydrogens (tertiary/aromatic N) is 1. The van der Waals surface area contributed by atoms with Gasteiger partial charge < -0.3 is 14.8 Å². The van der Waals surface area contributed by atoms with E-state index in [1.165, 1.54) is 6.20 Å². The fourth-order valence-corrected chi connectivity index (χ4v) is 3.99. The summed E-state index contributed by atoms with van der Waals surface area (Å²) in [6.45, 7) is 4.93. The van der Waals surface area contributed by atoms with Gasteiger partial charge in [-0.2, -0.15) is 0 Å². The van der Waals surface area contributed by atoms with Crippen LogP contribution in [-0.2, 0) is 19.1 Å². The fourth-order valence-electron chi connectivity index (χ4n) is 3.99. The van der Waals surface area contributed by atoms with Gasteiger partial charge in [-0.05, 0) is 45.0 Å². The lowest BCUT2D eigenvalue weighted by molar-refractivity contribution is -0.167. The maximum absolute atomic E-state index is 13.6. The molecule has 1 unspecified atom stereocenters. The summed E-state index contributed by atoms with van der Waals surface area (Å²) >= 11 is 0. The monoisotopic (exact) mass is 502 g/mol. The second-order valence-electron chi connectivity index (χ2n) is 8.37. The molecule has 8 heteroatoms. The number of ether oxygens (including phenoxy) is 2. The molecular weight excluding hydrogens is 472 g/mol. The summed E-state index contributed by atoms with van der Waals surface area (Å²) in [4.78, 5) is 58.5. The van der Waals surface area contributed by atoms with Crippen molar-refractivity contribution in [2.45, 2.75) is 38.6 Å². The molecule has 1 heterocycles. The minimum atomic E-state index is -2.38. The second kappa shape index (κ2) is 12.6. The summed E-state index contributed by atoms with van der Waals surface area (Å²) in [5.41, 5.74) is -0.557. The van der Waals surface area contributed by atoms with Crippen molar-refractivity contribution in [3.05, 3.63) is 101 Å². The number of rotatable bonds is 11. The molecule has 3 aromatic rings. The Morgan fingerprint density at radius 3 is 1.95 bits per heavy atom. The smallest absolute Gasteiger partial charge is 0.344 e. The zero-order valence-corrected chi connectivity index (χ0v) is 21.1. The molecule has 1 atom stereocenters. The zero-order chi connectivity index (χ0) is 26.8. The molecular formula is C29H30N2O6. The van der Waals surface area contributed by atoms with Crippen LogP contribution in [0.25, 0.3) is 0 Å². The van der Waals surface area contributed by atoms with Crippen LogP contribution >= 0.6 is 0 Å². The van der Waals surface area contributed by atoms with Gasteiger partial charge in [0.25, 0.3) is 5.91 Å². The predicted octanol–water partition coefficient (Wildman–Crippen LogP) is 4.04. The highest BCUT2D eigenvalue weighted by molar-refractivity contribution is 6.12. The molecule has 0 saturated heterocycles. The highest BCUT2D eigenvalue weighted by Gasteiger charge is 2.58. The van der Waals surface area contributed by atoms with Crippen molar-refractivity contribution in [1.82, 2.24) is 10.3 Å². The minimum Gasteiger partial charge on any atom is -0.464 e. The van der Waals surface area contributed by atoms with E-state index in [1.54, 1.807) is 86.6 Å². The molecule has 1 N–H and O–H groups in total. The molecule has 1 aromatic heterocycles. The van der Waals surface area contributed by atoms with E-state index in [0.717, 1.165) is 5.56 Å². The van der Waals surface area contributed by atoms with Gasteiger partial charge in [-0.1, -0.05) is 54.1 Å². The quantitative estimate of drug-likeness (QED) is 0.239. The summed E-state index contributed by atoms with van der Waals surface area (Å²) in [6.07, 6.45) is 1.16. The molecule has 0 saturated carbocycles. The number of aromatic nitrogens is 1. The van der Waals surface area contributed by atoms with Crippen LogP contribution < -0.4 is 5.32 Å². The number of amides is 1. The highest BCUT2D eigenvalue weighted by atomic mass is 16.6. The van der Waals surface area contributed by atoms with E-state index in [-0.39, 0.29) is 36.7 Å². The van der Waals surface area contributed by atoms with Crippen LogP contribution in [0.2, 0.25) is 0 Å².